The van der Waals surface area contributed by atoms with Gasteiger partial charge < -0.3 is 10.1 Å². The zero-order valence-corrected chi connectivity index (χ0v) is 12.2. The second kappa shape index (κ2) is 5.44. The van der Waals surface area contributed by atoms with Crippen LogP contribution >= 0.6 is 15.9 Å². The van der Waals surface area contributed by atoms with Crippen LogP contribution in [0, 0.1) is 0 Å². The molecule has 1 aromatic carbocycles. The van der Waals surface area contributed by atoms with Crippen LogP contribution in [0.5, 0.6) is 5.75 Å². The molecule has 0 aliphatic carbocycles. The number of aryl methyl sites for hydroxylation is 1. The lowest BCUT2D eigenvalue weighted by atomic mass is 10.2. The fourth-order valence-corrected chi connectivity index (χ4v) is 2.22. The molecule has 0 fully saturated rings. The summed E-state index contributed by atoms with van der Waals surface area (Å²) in [5, 5.41) is 7.62. The molecule has 18 heavy (non-hydrogen) atoms. The number of nitrogens with zero attached hydrogens (tertiary/aromatic N) is 2. The highest BCUT2D eigenvalue weighted by Gasteiger charge is 2.11. The van der Waals surface area contributed by atoms with Crippen LogP contribution in [0.15, 0.2) is 34.9 Å². The number of anilines is 1. The molecule has 0 bridgehead atoms. The number of rotatable bonds is 4. The van der Waals surface area contributed by atoms with E-state index in [4.69, 9.17) is 4.74 Å². The average Bonchev–Trinajstić information content (AvgIpc) is 2.78. The maximum atomic E-state index is 5.23. The SMILES string of the molecule is COc1ccc(Br)c(NC(C)c2ccnn2C)c1. The van der Waals surface area contributed by atoms with E-state index in [1.807, 2.05) is 36.0 Å². The average molecular weight is 310 g/mol. The van der Waals surface area contributed by atoms with Crippen molar-refractivity contribution in [3.8, 4) is 5.75 Å². The third-order valence-corrected chi connectivity index (χ3v) is 3.54. The van der Waals surface area contributed by atoms with Gasteiger partial charge in [-0.1, -0.05) is 0 Å². The Kier molecular flexibility index (Phi) is 3.91. The second-order valence-corrected chi connectivity index (χ2v) is 4.95. The minimum Gasteiger partial charge on any atom is -0.497 e. The first-order valence-corrected chi connectivity index (χ1v) is 6.49. The van der Waals surface area contributed by atoms with Crippen molar-refractivity contribution in [2.75, 3.05) is 12.4 Å². The number of hydrogen-bond donors (Lipinski definition) is 1. The Morgan fingerprint density at radius 1 is 1.39 bits per heavy atom. The van der Waals surface area contributed by atoms with Crippen molar-refractivity contribution in [1.29, 1.82) is 0 Å². The standard InChI is InChI=1S/C13H16BrN3O/c1-9(13-6-7-15-17(13)2)16-12-8-10(18-3)4-5-11(12)14/h4-9,16H,1-3H3. The van der Waals surface area contributed by atoms with Crippen molar-refractivity contribution in [2.24, 2.45) is 7.05 Å². The fourth-order valence-electron chi connectivity index (χ4n) is 1.86. The lowest BCUT2D eigenvalue weighted by Crippen LogP contribution is -2.11. The Labute approximate surface area is 115 Å². The molecule has 1 aromatic heterocycles. The largest absolute Gasteiger partial charge is 0.497 e. The molecule has 0 aliphatic heterocycles. The number of aromatic nitrogens is 2. The van der Waals surface area contributed by atoms with Gasteiger partial charge in [0, 0.05) is 23.8 Å². The number of ether oxygens (including phenoxy) is 1. The van der Waals surface area contributed by atoms with Crippen LogP contribution in [0.25, 0.3) is 0 Å². The molecule has 2 aromatic rings. The van der Waals surface area contributed by atoms with Gasteiger partial charge in [-0.05, 0) is 41.1 Å². The van der Waals surface area contributed by atoms with Crippen molar-refractivity contribution in [2.45, 2.75) is 13.0 Å². The van der Waals surface area contributed by atoms with E-state index in [2.05, 4.69) is 33.3 Å². The monoisotopic (exact) mass is 309 g/mol. The van der Waals surface area contributed by atoms with E-state index in [-0.39, 0.29) is 6.04 Å². The molecule has 0 spiro atoms. The third kappa shape index (κ3) is 2.67. The van der Waals surface area contributed by atoms with E-state index >= 15 is 0 Å². The van der Waals surface area contributed by atoms with Crippen LogP contribution in [0.3, 0.4) is 0 Å². The highest BCUT2D eigenvalue weighted by molar-refractivity contribution is 9.10. The molecule has 0 saturated heterocycles. The summed E-state index contributed by atoms with van der Waals surface area (Å²) in [7, 11) is 3.60. The van der Waals surface area contributed by atoms with E-state index in [1.165, 1.54) is 0 Å². The first-order valence-electron chi connectivity index (χ1n) is 5.70. The zero-order valence-electron chi connectivity index (χ0n) is 10.6. The molecule has 2 rings (SSSR count). The van der Waals surface area contributed by atoms with Crippen LogP contribution in [-0.4, -0.2) is 16.9 Å². The van der Waals surface area contributed by atoms with Crippen LogP contribution in [0.4, 0.5) is 5.69 Å². The summed E-state index contributed by atoms with van der Waals surface area (Å²) >= 11 is 3.53. The molecular weight excluding hydrogens is 294 g/mol. The zero-order chi connectivity index (χ0) is 13.1. The van der Waals surface area contributed by atoms with Gasteiger partial charge >= 0.3 is 0 Å². The summed E-state index contributed by atoms with van der Waals surface area (Å²) in [5.41, 5.74) is 2.13. The number of halogens is 1. The van der Waals surface area contributed by atoms with Crippen molar-refractivity contribution in [3.63, 3.8) is 0 Å². The summed E-state index contributed by atoms with van der Waals surface area (Å²) in [6, 6.07) is 8.03. The van der Waals surface area contributed by atoms with Crippen molar-refractivity contribution >= 4 is 21.6 Å². The van der Waals surface area contributed by atoms with E-state index in [0.29, 0.717) is 0 Å². The smallest absolute Gasteiger partial charge is 0.121 e. The fraction of sp³-hybridized carbons (Fsp3) is 0.308. The molecule has 1 heterocycles. The van der Waals surface area contributed by atoms with E-state index in [0.717, 1.165) is 21.6 Å². The lowest BCUT2D eigenvalue weighted by molar-refractivity contribution is 0.415. The second-order valence-electron chi connectivity index (χ2n) is 4.09. The molecule has 1 atom stereocenters. The number of benzene rings is 1. The van der Waals surface area contributed by atoms with Crippen LogP contribution in [-0.2, 0) is 7.05 Å². The Hall–Kier alpha value is -1.49. The quantitative estimate of drug-likeness (QED) is 0.941. The summed E-state index contributed by atoms with van der Waals surface area (Å²) in [6.45, 7) is 2.10. The molecule has 96 valence electrons. The van der Waals surface area contributed by atoms with E-state index < -0.39 is 0 Å². The van der Waals surface area contributed by atoms with Gasteiger partial charge in [-0.3, -0.25) is 4.68 Å². The van der Waals surface area contributed by atoms with E-state index in [1.54, 1.807) is 13.3 Å². The van der Waals surface area contributed by atoms with Crippen LogP contribution in [0.2, 0.25) is 0 Å². The molecule has 0 aliphatic rings. The lowest BCUT2D eigenvalue weighted by Gasteiger charge is -2.17. The first kappa shape index (κ1) is 13.0. The molecule has 0 saturated carbocycles. The highest BCUT2D eigenvalue weighted by Crippen LogP contribution is 2.30. The summed E-state index contributed by atoms with van der Waals surface area (Å²) in [6.07, 6.45) is 1.80. The number of nitrogens with one attached hydrogen (secondary N) is 1. The van der Waals surface area contributed by atoms with Crippen molar-refractivity contribution < 1.29 is 4.74 Å². The highest BCUT2D eigenvalue weighted by atomic mass is 79.9. The maximum absolute atomic E-state index is 5.23. The number of hydrogen-bond acceptors (Lipinski definition) is 3. The van der Waals surface area contributed by atoms with Crippen molar-refractivity contribution in [1.82, 2.24) is 9.78 Å². The Morgan fingerprint density at radius 2 is 2.17 bits per heavy atom. The van der Waals surface area contributed by atoms with Crippen LogP contribution < -0.4 is 10.1 Å². The minimum atomic E-state index is 0.168. The molecule has 1 N–H and O–H groups in total. The Morgan fingerprint density at radius 3 is 2.78 bits per heavy atom. The van der Waals surface area contributed by atoms with E-state index in [9.17, 15) is 0 Å². The Bertz CT molecular complexity index is 539. The van der Waals surface area contributed by atoms with Gasteiger partial charge in [0.15, 0.2) is 0 Å². The summed E-state index contributed by atoms with van der Waals surface area (Å²) < 4.78 is 8.11. The van der Waals surface area contributed by atoms with Crippen LogP contribution in [0.1, 0.15) is 18.7 Å². The minimum absolute atomic E-state index is 0.168. The van der Waals surface area contributed by atoms with Gasteiger partial charge in [0.2, 0.25) is 0 Å². The normalized spacial score (nSPS) is 12.2. The molecule has 0 radical (unpaired) electrons. The molecule has 0 amide bonds. The molecule has 4 nitrogen and oxygen atoms in total. The first-order chi connectivity index (χ1) is 8.61. The van der Waals surface area contributed by atoms with Gasteiger partial charge in [-0.25, -0.2) is 0 Å². The Balaban J connectivity index is 2.21. The molecular formula is C13H16BrN3O. The van der Waals surface area contributed by atoms with Gasteiger partial charge in [-0.2, -0.15) is 5.10 Å². The van der Waals surface area contributed by atoms with Gasteiger partial charge in [0.1, 0.15) is 5.75 Å². The predicted molar refractivity (Wildman–Crippen MR) is 75.9 cm³/mol. The summed E-state index contributed by atoms with van der Waals surface area (Å²) in [4.78, 5) is 0. The third-order valence-electron chi connectivity index (χ3n) is 2.85. The summed E-state index contributed by atoms with van der Waals surface area (Å²) in [5.74, 6) is 0.831. The topological polar surface area (TPSA) is 39.1 Å². The number of methoxy groups -OCH3 is 1. The van der Waals surface area contributed by atoms with Gasteiger partial charge in [0.05, 0.1) is 24.5 Å². The molecule has 1 unspecified atom stereocenters. The molecule has 5 heteroatoms. The van der Waals surface area contributed by atoms with Crippen molar-refractivity contribution in [3.05, 3.63) is 40.6 Å². The van der Waals surface area contributed by atoms with Gasteiger partial charge in [-0.15, -0.1) is 0 Å². The predicted octanol–water partition coefficient (Wildman–Crippen LogP) is 3.36. The van der Waals surface area contributed by atoms with Gasteiger partial charge in [0.25, 0.3) is 0 Å². The maximum Gasteiger partial charge on any atom is 0.121 e.